The Balaban J connectivity index is 1.46. The topological polar surface area (TPSA) is 97.3 Å². The molecule has 214 valence electrons. The second kappa shape index (κ2) is 11.5. The van der Waals surface area contributed by atoms with Gasteiger partial charge in [0.25, 0.3) is 11.8 Å². The van der Waals surface area contributed by atoms with E-state index in [4.69, 9.17) is 14.2 Å². The number of phenols is 1. The van der Waals surface area contributed by atoms with E-state index in [1.807, 2.05) is 72.5 Å². The van der Waals surface area contributed by atoms with Gasteiger partial charge in [-0.1, -0.05) is 29.8 Å². The molecule has 0 radical (unpaired) electrons. The summed E-state index contributed by atoms with van der Waals surface area (Å²) in [5, 5.41) is 13.2. The van der Waals surface area contributed by atoms with E-state index in [1.165, 1.54) is 12.1 Å². The summed E-state index contributed by atoms with van der Waals surface area (Å²) in [6.45, 7) is 3.16. The Morgan fingerprint density at radius 2 is 1.86 bits per heavy atom. The van der Waals surface area contributed by atoms with Crippen molar-refractivity contribution in [1.29, 1.82) is 0 Å². The molecule has 8 bridgehead atoms. The molecule has 3 aliphatic heterocycles. The number of benzene rings is 4. The van der Waals surface area contributed by atoms with Crippen molar-refractivity contribution < 1.29 is 28.9 Å². The molecule has 4 aromatic rings. The minimum atomic E-state index is -0.398. The Morgan fingerprint density at radius 1 is 1.02 bits per heavy atom. The van der Waals surface area contributed by atoms with Crippen LogP contribution in [0.5, 0.6) is 28.7 Å². The van der Waals surface area contributed by atoms with Crippen LogP contribution in [0.2, 0.25) is 0 Å². The average molecular weight is 565 g/mol. The molecule has 0 saturated heterocycles. The molecule has 2 amide bonds. The second-order valence-corrected chi connectivity index (χ2v) is 10.5. The third kappa shape index (κ3) is 5.35. The summed E-state index contributed by atoms with van der Waals surface area (Å²) >= 11 is 0. The average Bonchev–Trinajstić information content (AvgIpc) is 3.00. The highest BCUT2D eigenvalue weighted by Gasteiger charge is 2.33. The van der Waals surface area contributed by atoms with E-state index in [0.29, 0.717) is 61.1 Å². The first-order valence-corrected chi connectivity index (χ1v) is 14.0. The molecule has 8 heteroatoms. The number of aryl methyl sites for hydroxylation is 1. The summed E-state index contributed by atoms with van der Waals surface area (Å²) in [6, 6.07) is 23.5. The lowest BCUT2D eigenvalue weighted by atomic mass is 9.87. The molecule has 2 N–H and O–H groups in total. The van der Waals surface area contributed by atoms with Crippen molar-refractivity contribution in [3.63, 3.8) is 0 Å². The van der Waals surface area contributed by atoms with Gasteiger partial charge in [-0.05, 0) is 91.1 Å². The number of rotatable bonds is 2. The molecule has 3 aliphatic rings. The van der Waals surface area contributed by atoms with Gasteiger partial charge in [0, 0.05) is 18.7 Å². The first-order valence-electron chi connectivity index (χ1n) is 14.0. The zero-order chi connectivity index (χ0) is 29.2. The van der Waals surface area contributed by atoms with Gasteiger partial charge in [0.15, 0.2) is 11.5 Å². The van der Waals surface area contributed by atoms with Gasteiger partial charge in [0.05, 0.1) is 25.3 Å². The highest BCUT2D eigenvalue weighted by Crippen LogP contribution is 2.41. The first-order chi connectivity index (χ1) is 20.4. The van der Waals surface area contributed by atoms with Gasteiger partial charge >= 0.3 is 0 Å². The number of nitrogens with zero attached hydrogens (tertiary/aromatic N) is 1. The summed E-state index contributed by atoms with van der Waals surface area (Å²) in [5.74, 6) is 1.61. The minimum Gasteiger partial charge on any atom is -0.507 e. The molecule has 7 rings (SSSR count). The molecular formula is C34H32N2O6. The first kappa shape index (κ1) is 27.2. The molecule has 0 spiro atoms. The number of fused-ring (bicyclic) bond motifs is 6. The molecule has 1 unspecified atom stereocenters. The Bertz CT molecular complexity index is 1670. The normalized spacial score (nSPS) is 16.4. The molecular weight excluding hydrogens is 532 g/mol. The smallest absolute Gasteiger partial charge is 0.255 e. The Labute approximate surface area is 244 Å². The molecule has 4 aromatic carbocycles. The fourth-order valence-corrected chi connectivity index (χ4v) is 5.61. The molecule has 0 saturated carbocycles. The maximum atomic E-state index is 14.0. The van der Waals surface area contributed by atoms with Gasteiger partial charge in [-0.2, -0.15) is 0 Å². The molecule has 42 heavy (non-hydrogen) atoms. The maximum Gasteiger partial charge on any atom is 0.255 e. The Hall–Kier alpha value is -4.98. The molecule has 0 aromatic heterocycles. The largest absolute Gasteiger partial charge is 0.507 e. The van der Waals surface area contributed by atoms with E-state index in [0.717, 1.165) is 22.3 Å². The Kier molecular flexibility index (Phi) is 7.44. The van der Waals surface area contributed by atoms with E-state index in [9.17, 15) is 14.7 Å². The number of aromatic hydroxyl groups is 1. The lowest BCUT2D eigenvalue weighted by molar-refractivity contribution is 0.0694. The number of carbonyl (C=O) groups is 2. The minimum absolute atomic E-state index is 0.0394. The molecule has 0 fully saturated rings. The molecule has 3 heterocycles. The van der Waals surface area contributed by atoms with Crippen LogP contribution in [-0.2, 0) is 6.42 Å². The third-order valence-corrected chi connectivity index (χ3v) is 7.68. The molecule has 0 aliphatic carbocycles. The van der Waals surface area contributed by atoms with Crippen LogP contribution in [0, 0.1) is 6.92 Å². The monoisotopic (exact) mass is 564 g/mol. The lowest BCUT2D eigenvalue weighted by Crippen LogP contribution is -2.40. The van der Waals surface area contributed by atoms with E-state index in [2.05, 4.69) is 5.32 Å². The highest BCUT2D eigenvalue weighted by molar-refractivity contribution is 5.97. The quantitative estimate of drug-likeness (QED) is 0.319. The SMILES string of the molecule is COc1ccc2cc1OCCCNC(=O)c1cc(ccc1O)Oc1ccc3c(c1)CCN(C(=O)c1cccc(C)c1)C23. The van der Waals surface area contributed by atoms with E-state index in [1.54, 1.807) is 13.2 Å². The highest BCUT2D eigenvalue weighted by atomic mass is 16.5. The van der Waals surface area contributed by atoms with Crippen LogP contribution < -0.4 is 19.5 Å². The number of ether oxygens (including phenoxy) is 3. The van der Waals surface area contributed by atoms with Crippen molar-refractivity contribution in [2.45, 2.75) is 25.8 Å². The van der Waals surface area contributed by atoms with Crippen LogP contribution in [0.1, 0.15) is 55.4 Å². The lowest BCUT2D eigenvalue weighted by Gasteiger charge is -2.38. The number of hydrogen-bond acceptors (Lipinski definition) is 6. The van der Waals surface area contributed by atoms with Gasteiger partial charge in [-0.15, -0.1) is 0 Å². The summed E-state index contributed by atoms with van der Waals surface area (Å²) in [7, 11) is 1.59. The van der Waals surface area contributed by atoms with Crippen LogP contribution in [0.15, 0.2) is 78.9 Å². The van der Waals surface area contributed by atoms with Gasteiger partial charge in [-0.25, -0.2) is 0 Å². The number of hydrogen-bond donors (Lipinski definition) is 2. The second-order valence-electron chi connectivity index (χ2n) is 10.5. The molecule has 1 atom stereocenters. The van der Waals surface area contributed by atoms with Gasteiger partial charge in [0.1, 0.15) is 17.2 Å². The summed E-state index contributed by atoms with van der Waals surface area (Å²) in [5.41, 5.74) is 4.76. The van der Waals surface area contributed by atoms with E-state index in [-0.39, 0.29) is 23.3 Å². The van der Waals surface area contributed by atoms with Crippen molar-refractivity contribution in [2.75, 3.05) is 26.8 Å². The fourth-order valence-electron chi connectivity index (χ4n) is 5.61. The van der Waals surface area contributed by atoms with Crippen molar-refractivity contribution in [3.05, 3.63) is 112 Å². The Morgan fingerprint density at radius 3 is 2.69 bits per heavy atom. The van der Waals surface area contributed by atoms with Crippen LogP contribution in [0.4, 0.5) is 0 Å². The summed E-state index contributed by atoms with van der Waals surface area (Å²) in [4.78, 5) is 28.7. The van der Waals surface area contributed by atoms with E-state index < -0.39 is 5.91 Å². The van der Waals surface area contributed by atoms with Gasteiger partial charge in [-0.3, -0.25) is 9.59 Å². The van der Waals surface area contributed by atoms with Crippen molar-refractivity contribution in [2.24, 2.45) is 0 Å². The number of nitrogens with one attached hydrogen (secondary N) is 1. The van der Waals surface area contributed by atoms with Crippen molar-refractivity contribution in [1.82, 2.24) is 10.2 Å². The number of phenolic OH excluding ortho intramolecular Hbond substituents is 1. The predicted octanol–water partition coefficient (Wildman–Crippen LogP) is 5.80. The van der Waals surface area contributed by atoms with Crippen LogP contribution in [-0.4, -0.2) is 48.6 Å². The van der Waals surface area contributed by atoms with Crippen LogP contribution in [0.25, 0.3) is 0 Å². The predicted molar refractivity (Wildman–Crippen MR) is 158 cm³/mol. The van der Waals surface area contributed by atoms with Crippen LogP contribution >= 0.6 is 0 Å². The van der Waals surface area contributed by atoms with Crippen molar-refractivity contribution in [3.8, 4) is 28.7 Å². The van der Waals surface area contributed by atoms with Gasteiger partial charge < -0.3 is 29.5 Å². The van der Waals surface area contributed by atoms with Crippen LogP contribution in [0.3, 0.4) is 0 Å². The standard InChI is InChI=1S/C34H32N2O6/c1-21-5-3-6-24(17-21)34(39)36-15-13-22-18-25-8-10-27(22)32(36)23-7-12-30(40-2)31(19-23)41-16-4-14-35-33(38)28-20-26(42-25)9-11-29(28)37/h3,5-12,17-20,32,37H,4,13-16H2,1-2H3,(H,35,38). The number of carbonyl (C=O) groups excluding carboxylic acids is 2. The maximum absolute atomic E-state index is 14.0. The summed E-state index contributed by atoms with van der Waals surface area (Å²) < 4.78 is 17.9. The molecule has 8 nitrogen and oxygen atoms in total. The zero-order valence-electron chi connectivity index (χ0n) is 23.6. The number of amides is 2. The number of methoxy groups -OCH3 is 1. The third-order valence-electron chi connectivity index (χ3n) is 7.68. The van der Waals surface area contributed by atoms with Gasteiger partial charge in [0.2, 0.25) is 0 Å². The van der Waals surface area contributed by atoms with E-state index >= 15 is 0 Å². The fraction of sp³-hybridized carbons (Fsp3) is 0.235. The summed E-state index contributed by atoms with van der Waals surface area (Å²) in [6.07, 6.45) is 1.17. The zero-order valence-corrected chi connectivity index (χ0v) is 23.6. The van der Waals surface area contributed by atoms with Crippen molar-refractivity contribution >= 4 is 11.8 Å².